The Morgan fingerprint density at radius 3 is 1.39 bits per heavy atom. The molecule has 2 aromatic carbocycles. The van der Waals surface area contributed by atoms with Gasteiger partial charge in [0.05, 0.1) is 0 Å². The fourth-order valence-electron chi connectivity index (χ4n) is 4.05. The molecule has 0 aliphatic carbocycles. The van der Waals surface area contributed by atoms with Gasteiger partial charge in [-0.2, -0.15) is 0 Å². The molecule has 0 aliphatic rings. The van der Waals surface area contributed by atoms with Gasteiger partial charge in [-0.05, 0) is 12.1 Å². The largest absolute Gasteiger partial charge is 0.364 e. The summed E-state index contributed by atoms with van der Waals surface area (Å²) in [5.74, 6) is 0. The van der Waals surface area contributed by atoms with E-state index in [1.807, 2.05) is 65.8 Å². The molecule has 0 bridgehead atoms. The highest BCUT2D eigenvalue weighted by Gasteiger charge is 2.58. The topological polar surface area (TPSA) is 4.93 Å². The summed E-state index contributed by atoms with van der Waals surface area (Å²) in [5, 5.41) is 1.48. The van der Waals surface area contributed by atoms with Gasteiger partial charge in [0.1, 0.15) is 0 Å². The average molecular weight is 328 g/mol. The fourth-order valence-corrected chi connectivity index (χ4v) is 8.70. The Balaban J connectivity index is 2.55. The third kappa shape index (κ3) is 2.17. The fraction of sp³-hybridized carbons (Fsp3) is 0.400. The van der Waals surface area contributed by atoms with Gasteiger partial charge in [-0.1, -0.05) is 77.9 Å². The van der Waals surface area contributed by atoms with Crippen LogP contribution >= 0.6 is 0 Å². The van der Waals surface area contributed by atoms with E-state index in [1.54, 1.807) is 0 Å². The highest BCUT2D eigenvalue weighted by molar-refractivity contribution is 6.79. The summed E-state index contributed by atoms with van der Waals surface area (Å²) in [4.78, 5) is 0. The molecular weight excluding hydrogens is 301 g/mol. The number of benzene rings is 2. The second kappa shape index (κ2) is 4.94. The molecule has 0 N–H and O–H groups in total. The molecule has 0 fully saturated rings. The lowest BCUT2D eigenvalue weighted by molar-refractivity contribution is 0.499. The van der Waals surface area contributed by atoms with Crippen LogP contribution in [0.1, 0.15) is 41.5 Å². The van der Waals surface area contributed by atoms with Crippen molar-refractivity contribution in [3.8, 4) is 0 Å². The molecular formula is C20H26FNSi. The van der Waals surface area contributed by atoms with Crippen molar-refractivity contribution in [2.24, 2.45) is 0 Å². The summed E-state index contributed by atoms with van der Waals surface area (Å²) >= 11 is 0. The van der Waals surface area contributed by atoms with E-state index < -0.39 is 18.6 Å². The van der Waals surface area contributed by atoms with Gasteiger partial charge >= 0.3 is 8.57 Å². The van der Waals surface area contributed by atoms with Gasteiger partial charge in [0.25, 0.3) is 0 Å². The zero-order valence-corrected chi connectivity index (χ0v) is 15.9. The van der Waals surface area contributed by atoms with Gasteiger partial charge in [-0.15, -0.1) is 0 Å². The number of rotatable bonds is 1. The number of hydrogen-bond acceptors (Lipinski definition) is 0. The van der Waals surface area contributed by atoms with Crippen LogP contribution in [0.25, 0.3) is 21.8 Å². The maximum atomic E-state index is 16.9. The van der Waals surface area contributed by atoms with Crippen LogP contribution in [-0.4, -0.2) is 12.8 Å². The quantitative estimate of drug-likeness (QED) is 0.348. The molecule has 0 saturated carbocycles. The lowest BCUT2D eigenvalue weighted by atomic mass is 10.2. The van der Waals surface area contributed by atoms with Crippen molar-refractivity contribution >= 4 is 30.4 Å². The summed E-state index contributed by atoms with van der Waals surface area (Å²) < 4.78 is 19.0. The number of nitrogens with zero attached hydrogens (tertiary/aromatic N) is 1. The minimum absolute atomic E-state index is 0.407. The summed E-state index contributed by atoms with van der Waals surface area (Å²) in [6.07, 6.45) is 0. The maximum absolute atomic E-state index is 16.9. The minimum Gasteiger partial charge on any atom is -0.340 e. The molecule has 1 aromatic heterocycles. The van der Waals surface area contributed by atoms with Crippen LogP contribution < -0.4 is 0 Å². The van der Waals surface area contributed by atoms with Crippen LogP contribution in [0.3, 0.4) is 0 Å². The first kappa shape index (κ1) is 16.3. The Bertz CT molecular complexity index is 797. The summed E-state index contributed by atoms with van der Waals surface area (Å²) in [6, 6.07) is 16.4. The molecule has 0 aliphatic heterocycles. The van der Waals surface area contributed by atoms with Gasteiger partial charge < -0.3 is 4.23 Å². The molecule has 0 unspecified atom stereocenters. The molecule has 0 spiro atoms. The van der Waals surface area contributed by atoms with Crippen LogP contribution in [0.15, 0.2) is 48.5 Å². The minimum atomic E-state index is -3.39. The molecule has 0 atom stereocenters. The van der Waals surface area contributed by atoms with E-state index in [2.05, 4.69) is 28.5 Å². The molecule has 0 saturated heterocycles. The highest BCUT2D eigenvalue weighted by Crippen LogP contribution is 2.54. The molecule has 3 rings (SSSR count). The first-order chi connectivity index (χ1) is 10.6. The Hall–Kier alpha value is -1.61. The second-order valence-corrected chi connectivity index (χ2v) is 13.2. The smallest absolute Gasteiger partial charge is 0.340 e. The van der Waals surface area contributed by atoms with Crippen molar-refractivity contribution in [1.29, 1.82) is 0 Å². The van der Waals surface area contributed by atoms with E-state index >= 15 is 4.11 Å². The van der Waals surface area contributed by atoms with Crippen LogP contribution in [-0.2, 0) is 0 Å². The predicted octanol–water partition coefficient (Wildman–Crippen LogP) is 6.65. The molecule has 1 nitrogen and oxygen atoms in total. The van der Waals surface area contributed by atoms with Crippen LogP contribution in [0.2, 0.25) is 10.1 Å². The molecule has 3 aromatic rings. The Morgan fingerprint density at radius 2 is 1.04 bits per heavy atom. The third-order valence-electron chi connectivity index (χ3n) is 4.88. The zero-order valence-electron chi connectivity index (χ0n) is 14.9. The molecule has 3 heteroatoms. The zero-order chi connectivity index (χ0) is 17.0. The summed E-state index contributed by atoms with van der Waals surface area (Å²) in [5.41, 5.74) is 2.04. The van der Waals surface area contributed by atoms with E-state index in [1.165, 1.54) is 0 Å². The van der Waals surface area contributed by atoms with Crippen molar-refractivity contribution in [3.63, 3.8) is 0 Å². The Labute approximate surface area is 139 Å². The Kier molecular flexibility index (Phi) is 3.49. The van der Waals surface area contributed by atoms with E-state index in [9.17, 15) is 0 Å². The first-order valence-electron chi connectivity index (χ1n) is 8.26. The number of halogens is 1. The van der Waals surface area contributed by atoms with Crippen molar-refractivity contribution in [2.45, 2.75) is 51.6 Å². The lowest BCUT2D eigenvalue weighted by Crippen LogP contribution is -2.54. The maximum Gasteiger partial charge on any atom is 0.364 e. The van der Waals surface area contributed by atoms with Crippen LogP contribution in [0, 0.1) is 0 Å². The number of hydrogen-bond donors (Lipinski definition) is 0. The van der Waals surface area contributed by atoms with Gasteiger partial charge in [0.15, 0.2) is 0 Å². The number of aromatic nitrogens is 1. The molecule has 1 heterocycles. The van der Waals surface area contributed by atoms with Crippen molar-refractivity contribution in [1.82, 2.24) is 4.23 Å². The van der Waals surface area contributed by atoms with Gasteiger partial charge in [0.2, 0.25) is 0 Å². The summed E-state index contributed by atoms with van der Waals surface area (Å²) in [7, 11) is -3.39. The SMILES string of the molecule is CC(C)(C)[Si](F)(n1c2ccccc2c2ccccc21)C(C)(C)C. The monoisotopic (exact) mass is 327 g/mol. The van der Waals surface area contributed by atoms with E-state index in [4.69, 9.17) is 0 Å². The Morgan fingerprint density at radius 1 is 0.696 bits per heavy atom. The van der Waals surface area contributed by atoms with Crippen molar-refractivity contribution in [3.05, 3.63) is 48.5 Å². The van der Waals surface area contributed by atoms with Crippen molar-refractivity contribution < 1.29 is 4.11 Å². The van der Waals surface area contributed by atoms with Gasteiger partial charge in [-0.25, -0.2) is 0 Å². The first-order valence-corrected chi connectivity index (χ1v) is 10.1. The van der Waals surface area contributed by atoms with Gasteiger partial charge in [-0.3, -0.25) is 4.11 Å². The summed E-state index contributed by atoms with van der Waals surface area (Å²) in [6.45, 7) is 12.3. The van der Waals surface area contributed by atoms with Crippen molar-refractivity contribution in [2.75, 3.05) is 0 Å². The molecule has 122 valence electrons. The highest BCUT2D eigenvalue weighted by atomic mass is 28.4. The molecule has 0 radical (unpaired) electrons. The average Bonchev–Trinajstić information content (AvgIpc) is 2.79. The van der Waals surface area contributed by atoms with E-state index in [0.717, 1.165) is 21.8 Å². The molecule has 23 heavy (non-hydrogen) atoms. The van der Waals surface area contributed by atoms with Crippen LogP contribution in [0.5, 0.6) is 0 Å². The van der Waals surface area contributed by atoms with Crippen LogP contribution in [0.4, 0.5) is 4.11 Å². The lowest BCUT2D eigenvalue weighted by Gasteiger charge is -2.45. The predicted molar refractivity (Wildman–Crippen MR) is 101 cm³/mol. The molecule has 0 amide bonds. The third-order valence-corrected chi connectivity index (χ3v) is 9.95. The van der Waals surface area contributed by atoms with Gasteiger partial charge in [0, 0.05) is 31.9 Å². The second-order valence-electron chi connectivity index (χ2n) is 8.49. The number of fused-ring (bicyclic) bond motifs is 3. The normalized spacial score (nSPS) is 13.9. The standard InChI is InChI=1S/C20H26FNSi/c1-19(2,3)23(21,20(4,5)6)22-17-13-9-7-11-15(17)16-12-8-10-14-18(16)22/h7-14H,1-6H3. The van der Waals surface area contributed by atoms with E-state index in [0.29, 0.717) is 0 Å². The number of para-hydroxylation sites is 2. The van der Waals surface area contributed by atoms with E-state index in [-0.39, 0.29) is 0 Å².